The summed E-state index contributed by atoms with van der Waals surface area (Å²) in [6.07, 6.45) is 5.70. The molecule has 0 spiro atoms. The van der Waals surface area contributed by atoms with Crippen LogP contribution in [0.1, 0.15) is 45.4 Å². The molecule has 10 nitrogen and oxygen atoms in total. The summed E-state index contributed by atoms with van der Waals surface area (Å²) in [5.41, 5.74) is -0.352. The molecule has 5 fully saturated rings. The second kappa shape index (κ2) is 7.06. The van der Waals surface area contributed by atoms with Crippen LogP contribution in [0.5, 0.6) is 0 Å². The fourth-order valence-corrected chi connectivity index (χ4v) is 6.64. The Morgan fingerprint density at radius 3 is 2.23 bits per heavy atom. The zero-order chi connectivity index (χ0) is 21.9. The van der Waals surface area contributed by atoms with E-state index in [-0.39, 0.29) is 31.0 Å². The van der Waals surface area contributed by atoms with Gasteiger partial charge >= 0.3 is 29.8 Å². The average molecular weight is 430 g/mol. The molecule has 2 heterocycles. The largest absolute Gasteiger partial charge is 0.463 e. The summed E-state index contributed by atoms with van der Waals surface area (Å²) in [4.78, 5) is 65.3. The molecule has 2 N–H and O–H groups in total. The third-order valence-electron chi connectivity index (χ3n) is 7.43. The van der Waals surface area contributed by atoms with E-state index >= 15 is 0 Å². The van der Waals surface area contributed by atoms with Gasteiger partial charge in [-0.15, -0.1) is 0 Å². The van der Waals surface area contributed by atoms with Crippen molar-refractivity contribution in [3.63, 3.8) is 0 Å². The van der Waals surface area contributed by atoms with Crippen LogP contribution in [0.15, 0.2) is 11.3 Å². The van der Waals surface area contributed by atoms with Crippen LogP contribution in [0, 0.1) is 17.8 Å². The fourth-order valence-electron chi connectivity index (χ4n) is 6.64. The van der Waals surface area contributed by atoms with E-state index in [2.05, 4.69) is 10.6 Å². The molecule has 31 heavy (non-hydrogen) atoms. The molecule has 0 aromatic rings. The Labute approximate surface area is 179 Å². The van der Waals surface area contributed by atoms with Crippen molar-refractivity contribution >= 4 is 29.8 Å². The van der Waals surface area contributed by atoms with Crippen LogP contribution in [-0.4, -0.2) is 64.9 Å². The average Bonchev–Trinajstić information content (AvgIpc) is 2.91. The van der Waals surface area contributed by atoms with E-state index < -0.39 is 35.4 Å². The van der Waals surface area contributed by atoms with Gasteiger partial charge in [0.1, 0.15) is 0 Å². The molecule has 0 aromatic carbocycles. The van der Waals surface area contributed by atoms with Crippen LogP contribution < -0.4 is 10.6 Å². The van der Waals surface area contributed by atoms with Crippen LogP contribution in [0.4, 0.5) is 9.59 Å². The fraction of sp³-hybridized carbons (Fsp3) is 0.667. The quantitative estimate of drug-likeness (QED) is 0.379. The van der Waals surface area contributed by atoms with Crippen molar-refractivity contribution in [3.05, 3.63) is 11.3 Å². The molecule has 0 unspecified atom stereocenters. The second-order valence-electron chi connectivity index (χ2n) is 9.44. The number of urea groups is 2. The van der Waals surface area contributed by atoms with Crippen molar-refractivity contribution in [3.8, 4) is 0 Å². The zero-order valence-corrected chi connectivity index (χ0v) is 17.4. The van der Waals surface area contributed by atoms with Crippen molar-refractivity contribution in [2.24, 2.45) is 17.8 Å². The molecule has 0 aromatic heterocycles. The summed E-state index contributed by atoms with van der Waals surface area (Å²) in [5.74, 6) is -0.864. The number of esters is 1. The van der Waals surface area contributed by atoms with Gasteiger partial charge in [-0.3, -0.25) is 9.59 Å². The minimum atomic E-state index is -0.913. The van der Waals surface area contributed by atoms with Gasteiger partial charge in [-0.2, -0.15) is 0 Å². The number of nitrogens with zero attached hydrogens (tertiary/aromatic N) is 2. The number of carbonyl (C=O) groups is 5. The minimum absolute atomic E-state index is 0.0805. The molecule has 10 heteroatoms. The SMILES string of the molecule is CCOC(=O)C1=C(CN2C(=O)C(=O)N(C34CC5CC(CC(C5)C3)C4)C2=O)NC(=O)NC1. The molecule has 6 rings (SSSR count). The first-order valence-electron chi connectivity index (χ1n) is 11.0. The molecule has 0 radical (unpaired) electrons. The molecular weight excluding hydrogens is 404 g/mol. The van der Waals surface area contributed by atoms with E-state index in [0.717, 1.165) is 43.4 Å². The highest BCUT2D eigenvalue weighted by Crippen LogP contribution is 2.58. The lowest BCUT2D eigenvalue weighted by atomic mass is 9.52. The van der Waals surface area contributed by atoms with Gasteiger partial charge in [-0.1, -0.05) is 0 Å². The van der Waals surface area contributed by atoms with Gasteiger partial charge in [0, 0.05) is 0 Å². The topological polar surface area (TPSA) is 125 Å². The maximum Gasteiger partial charge on any atom is 0.337 e. The van der Waals surface area contributed by atoms with E-state index in [0.29, 0.717) is 17.8 Å². The lowest BCUT2D eigenvalue weighted by molar-refractivity contribution is -0.149. The molecule has 6 aliphatic rings. The minimum Gasteiger partial charge on any atom is -0.463 e. The molecule has 2 aliphatic heterocycles. The highest BCUT2D eigenvalue weighted by molar-refractivity contribution is 6.45. The molecule has 4 aliphatic carbocycles. The standard InChI is InChI=1S/C21H26N4O6/c1-2-31-18(28)14-9-22-19(29)23-15(14)10-24-16(26)17(27)25(20(24)30)21-6-11-3-12(7-21)5-13(4-11)8-21/h11-13H,2-10H2,1H3,(H2,22,23,29). The van der Waals surface area contributed by atoms with Crippen molar-refractivity contribution < 1.29 is 28.7 Å². The Balaban J connectivity index is 1.43. The van der Waals surface area contributed by atoms with E-state index in [1.54, 1.807) is 6.92 Å². The maximum atomic E-state index is 13.3. The van der Waals surface area contributed by atoms with Gasteiger partial charge in [0.2, 0.25) is 0 Å². The van der Waals surface area contributed by atoms with Crippen LogP contribution in [-0.2, 0) is 19.1 Å². The monoisotopic (exact) mass is 430 g/mol. The number of carbonyl (C=O) groups excluding carboxylic acids is 5. The van der Waals surface area contributed by atoms with Gasteiger partial charge in [0.25, 0.3) is 0 Å². The summed E-state index contributed by atoms with van der Waals surface area (Å²) in [7, 11) is 0. The number of imide groups is 2. The van der Waals surface area contributed by atoms with Crippen molar-refractivity contribution in [2.45, 2.75) is 51.0 Å². The number of hydrogen-bond acceptors (Lipinski definition) is 6. The van der Waals surface area contributed by atoms with Crippen molar-refractivity contribution in [1.82, 2.24) is 20.4 Å². The zero-order valence-electron chi connectivity index (χ0n) is 17.4. The number of amides is 6. The van der Waals surface area contributed by atoms with E-state index in [1.165, 1.54) is 4.90 Å². The summed E-state index contributed by atoms with van der Waals surface area (Å²) in [6.45, 7) is 1.36. The maximum absolute atomic E-state index is 13.3. The lowest BCUT2D eigenvalue weighted by Gasteiger charge is -2.58. The molecule has 4 saturated carbocycles. The Hall–Kier alpha value is -2.91. The number of nitrogens with one attached hydrogen (secondary N) is 2. The van der Waals surface area contributed by atoms with Crippen molar-refractivity contribution in [1.29, 1.82) is 0 Å². The third-order valence-corrected chi connectivity index (χ3v) is 7.43. The molecular formula is C21H26N4O6. The van der Waals surface area contributed by atoms with Gasteiger partial charge in [-0.25, -0.2) is 24.2 Å². The van der Waals surface area contributed by atoms with E-state index in [9.17, 15) is 24.0 Å². The summed E-state index contributed by atoms with van der Waals surface area (Å²) in [5, 5.41) is 4.97. The number of rotatable bonds is 5. The van der Waals surface area contributed by atoms with Gasteiger partial charge in [0.15, 0.2) is 0 Å². The second-order valence-corrected chi connectivity index (χ2v) is 9.44. The summed E-state index contributed by atoms with van der Waals surface area (Å²) >= 11 is 0. The highest BCUT2D eigenvalue weighted by atomic mass is 16.5. The van der Waals surface area contributed by atoms with Crippen LogP contribution in [0.3, 0.4) is 0 Å². The van der Waals surface area contributed by atoms with Gasteiger partial charge in [-0.05, 0) is 63.2 Å². The highest BCUT2D eigenvalue weighted by Gasteiger charge is 2.61. The predicted molar refractivity (Wildman–Crippen MR) is 105 cm³/mol. The van der Waals surface area contributed by atoms with Crippen molar-refractivity contribution in [2.75, 3.05) is 19.7 Å². The van der Waals surface area contributed by atoms with Crippen LogP contribution >= 0.6 is 0 Å². The van der Waals surface area contributed by atoms with Crippen LogP contribution in [0.25, 0.3) is 0 Å². The van der Waals surface area contributed by atoms with Crippen LogP contribution in [0.2, 0.25) is 0 Å². The van der Waals surface area contributed by atoms with E-state index in [1.807, 2.05) is 0 Å². The molecule has 6 amide bonds. The predicted octanol–water partition coefficient (Wildman–Crippen LogP) is 0.876. The van der Waals surface area contributed by atoms with E-state index in [4.69, 9.17) is 4.74 Å². The first kappa shape index (κ1) is 20.0. The lowest BCUT2D eigenvalue weighted by Crippen LogP contribution is -2.62. The third kappa shape index (κ3) is 3.11. The van der Waals surface area contributed by atoms with Gasteiger partial charge in [0.05, 0.1) is 36.5 Å². The molecule has 0 atom stereocenters. The first-order chi connectivity index (χ1) is 14.8. The molecule has 1 saturated heterocycles. The summed E-state index contributed by atoms with van der Waals surface area (Å²) < 4.78 is 5.02. The smallest absolute Gasteiger partial charge is 0.337 e. The number of ether oxygens (including phenoxy) is 1. The Bertz CT molecular complexity index is 890. The Morgan fingerprint density at radius 2 is 1.65 bits per heavy atom. The Morgan fingerprint density at radius 1 is 1.03 bits per heavy atom. The molecule has 4 bridgehead atoms. The number of hydrogen-bond donors (Lipinski definition) is 2. The first-order valence-corrected chi connectivity index (χ1v) is 11.0. The Kier molecular flexibility index (Phi) is 4.56. The normalized spacial score (nSPS) is 34.4. The summed E-state index contributed by atoms with van der Waals surface area (Å²) in [6, 6.07) is -1.20. The van der Waals surface area contributed by atoms with Gasteiger partial charge < -0.3 is 15.4 Å². The molecule has 166 valence electrons.